The Balaban J connectivity index is 1.67. The third-order valence-electron chi connectivity index (χ3n) is 4.28. The van der Waals surface area contributed by atoms with E-state index in [1.54, 1.807) is 11.3 Å². The van der Waals surface area contributed by atoms with Gasteiger partial charge in [-0.2, -0.15) is 0 Å². The molecule has 1 heterocycles. The van der Waals surface area contributed by atoms with Crippen molar-refractivity contribution in [3.05, 3.63) is 65.0 Å². The summed E-state index contributed by atoms with van der Waals surface area (Å²) in [5.74, 6) is -0.105. The van der Waals surface area contributed by atoms with E-state index in [9.17, 15) is 4.79 Å². The summed E-state index contributed by atoms with van der Waals surface area (Å²) in [5.41, 5.74) is 4.68. The van der Waals surface area contributed by atoms with E-state index < -0.39 is 0 Å². The summed E-state index contributed by atoms with van der Waals surface area (Å²) in [4.78, 5) is 17.0. The molecule has 0 saturated carbocycles. The number of carbonyl (C=O) groups excluding carboxylic acids is 1. The van der Waals surface area contributed by atoms with Crippen LogP contribution in [0.2, 0.25) is 0 Å². The van der Waals surface area contributed by atoms with Crippen LogP contribution in [0.25, 0.3) is 11.3 Å². The maximum absolute atomic E-state index is 12.5. The predicted octanol–water partition coefficient (Wildman–Crippen LogP) is 5.79. The molecule has 2 N–H and O–H groups in total. The highest BCUT2D eigenvalue weighted by molar-refractivity contribution is 7.14. The van der Waals surface area contributed by atoms with Crippen molar-refractivity contribution < 1.29 is 4.79 Å². The minimum atomic E-state index is -0.105. The van der Waals surface area contributed by atoms with E-state index >= 15 is 0 Å². The molecule has 5 heteroatoms. The molecular weight excluding hydrogens is 354 g/mol. The second-order valence-corrected chi connectivity index (χ2v) is 8.29. The number of hydrogen-bond acceptors (Lipinski definition) is 4. The minimum Gasteiger partial charge on any atom is -0.362 e. The average molecular weight is 380 g/mol. The molecule has 3 rings (SSSR count). The van der Waals surface area contributed by atoms with Crippen molar-refractivity contribution in [1.29, 1.82) is 0 Å². The lowest BCUT2D eigenvalue weighted by atomic mass is 9.87. The van der Waals surface area contributed by atoms with Gasteiger partial charge in [0.1, 0.15) is 0 Å². The Kier molecular flexibility index (Phi) is 5.61. The van der Waals surface area contributed by atoms with Crippen LogP contribution in [-0.4, -0.2) is 17.4 Å². The summed E-state index contributed by atoms with van der Waals surface area (Å²) < 4.78 is 0. The molecule has 0 radical (unpaired) electrons. The van der Waals surface area contributed by atoms with E-state index in [1.807, 2.05) is 53.9 Å². The first-order chi connectivity index (χ1) is 12.9. The van der Waals surface area contributed by atoms with Crippen LogP contribution in [-0.2, 0) is 5.41 Å². The third-order valence-corrected chi connectivity index (χ3v) is 5.08. The summed E-state index contributed by atoms with van der Waals surface area (Å²) >= 11 is 1.59. The molecule has 4 nitrogen and oxygen atoms in total. The van der Waals surface area contributed by atoms with Crippen molar-refractivity contribution in [2.24, 2.45) is 0 Å². The van der Waals surface area contributed by atoms with Gasteiger partial charge in [-0.1, -0.05) is 45.0 Å². The number of rotatable bonds is 5. The van der Waals surface area contributed by atoms with Crippen LogP contribution in [0.5, 0.6) is 0 Å². The summed E-state index contributed by atoms with van der Waals surface area (Å²) in [6, 6.07) is 15.5. The highest BCUT2D eigenvalue weighted by Crippen LogP contribution is 2.26. The van der Waals surface area contributed by atoms with Crippen molar-refractivity contribution in [2.45, 2.75) is 33.1 Å². The standard InChI is InChI=1S/C22H25N3OS/c1-5-23-21-25-19(14-27-21)15-8-12-18(13-9-15)24-20(26)16-6-10-17(11-7-16)22(2,3)4/h6-14H,5H2,1-4H3,(H,23,25)(H,24,26). The third kappa shape index (κ3) is 4.74. The highest BCUT2D eigenvalue weighted by Gasteiger charge is 2.14. The molecule has 0 unspecified atom stereocenters. The highest BCUT2D eigenvalue weighted by atomic mass is 32.1. The molecule has 0 fully saturated rings. The Morgan fingerprint density at radius 2 is 1.70 bits per heavy atom. The molecule has 0 aliphatic rings. The molecule has 0 saturated heterocycles. The molecular formula is C22H25N3OS. The number of aromatic nitrogens is 1. The SMILES string of the molecule is CCNc1nc(-c2ccc(NC(=O)c3ccc(C(C)(C)C)cc3)cc2)cs1. The van der Waals surface area contributed by atoms with E-state index in [0.29, 0.717) is 5.56 Å². The number of carbonyl (C=O) groups is 1. The molecule has 140 valence electrons. The predicted molar refractivity (Wildman–Crippen MR) is 115 cm³/mol. The van der Waals surface area contributed by atoms with Crippen LogP contribution in [0, 0.1) is 0 Å². The molecule has 0 bridgehead atoms. The number of anilines is 2. The van der Waals surface area contributed by atoms with Crippen molar-refractivity contribution in [2.75, 3.05) is 17.2 Å². The quantitative estimate of drug-likeness (QED) is 0.590. The minimum absolute atomic E-state index is 0.0764. The van der Waals surface area contributed by atoms with Crippen LogP contribution in [0.4, 0.5) is 10.8 Å². The van der Waals surface area contributed by atoms with Crippen molar-refractivity contribution in [1.82, 2.24) is 4.98 Å². The van der Waals surface area contributed by atoms with E-state index in [2.05, 4.69) is 43.3 Å². The fraction of sp³-hybridized carbons (Fsp3) is 0.273. The average Bonchev–Trinajstić information content (AvgIpc) is 3.11. The molecule has 27 heavy (non-hydrogen) atoms. The Morgan fingerprint density at radius 1 is 1.04 bits per heavy atom. The molecule has 1 amide bonds. The van der Waals surface area contributed by atoms with Gasteiger partial charge < -0.3 is 10.6 Å². The molecule has 3 aromatic rings. The Hall–Kier alpha value is -2.66. The monoisotopic (exact) mass is 379 g/mol. The number of nitrogens with one attached hydrogen (secondary N) is 2. The maximum atomic E-state index is 12.5. The first kappa shape index (κ1) is 19.1. The molecule has 2 aromatic carbocycles. The molecule has 1 aromatic heterocycles. The van der Waals surface area contributed by atoms with Gasteiger partial charge in [0.2, 0.25) is 0 Å². The molecule has 0 aliphatic carbocycles. The van der Waals surface area contributed by atoms with E-state index in [-0.39, 0.29) is 11.3 Å². The zero-order valence-corrected chi connectivity index (χ0v) is 17.0. The maximum Gasteiger partial charge on any atom is 0.255 e. The van der Waals surface area contributed by atoms with Crippen molar-refractivity contribution in [3.63, 3.8) is 0 Å². The second-order valence-electron chi connectivity index (χ2n) is 7.43. The first-order valence-corrected chi connectivity index (χ1v) is 9.96. The van der Waals surface area contributed by atoms with Gasteiger partial charge in [-0.25, -0.2) is 4.98 Å². The Labute approximate surface area is 164 Å². The smallest absolute Gasteiger partial charge is 0.255 e. The zero-order chi connectivity index (χ0) is 19.4. The largest absolute Gasteiger partial charge is 0.362 e. The van der Waals surface area contributed by atoms with Crippen LogP contribution in [0.15, 0.2) is 53.9 Å². The number of amides is 1. The number of hydrogen-bond donors (Lipinski definition) is 2. The molecule has 0 aliphatic heterocycles. The Bertz CT molecular complexity index is 906. The lowest BCUT2D eigenvalue weighted by molar-refractivity contribution is 0.102. The van der Waals surface area contributed by atoms with Crippen LogP contribution < -0.4 is 10.6 Å². The lowest BCUT2D eigenvalue weighted by Gasteiger charge is -2.19. The van der Waals surface area contributed by atoms with E-state index in [0.717, 1.165) is 28.6 Å². The van der Waals surface area contributed by atoms with Gasteiger partial charge in [0.05, 0.1) is 5.69 Å². The van der Waals surface area contributed by atoms with E-state index in [1.165, 1.54) is 5.56 Å². The summed E-state index contributed by atoms with van der Waals surface area (Å²) in [6.45, 7) is 9.39. The fourth-order valence-electron chi connectivity index (χ4n) is 2.69. The van der Waals surface area contributed by atoms with Crippen molar-refractivity contribution >= 4 is 28.1 Å². The second kappa shape index (κ2) is 7.92. The normalized spacial score (nSPS) is 11.3. The lowest BCUT2D eigenvalue weighted by Crippen LogP contribution is -2.14. The van der Waals surface area contributed by atoms with Crippen molar-refractivity contribution in [3.8, 4) is 11.3 Å². The first-order valence-electron chi connectivity index (χ1n) is 9.08. The van der Waals surface area contributed by atoms with Gasteiger partial charge in [0, 0.05) is 28.7 Å². The van der Waals surface area contributed by atoms with Crippen LogP contribution in [0.1, 0.15) is 43.6 Å². The summed E-state index contributed by atoms with van der Waals surface area (Å²) in [7, 11) is 0. The topological polar surface area (TPSA) is 54.0 Å². The van der Waals surface area contributed by atoms with Gasteiger partial charge in [0.25, 0.3) is 5.91 Å². The molecule has 0 atom stereocenters. The van der Waals surface area contributed by atoms with Crippen LogP contribution in [0.3, 0.4) is 0 Å². The van der Waals surface area contributed by atoms with Gasteiger partial charge in [0.15, 0.2) is 5.13 Å². The van der Waals surface area contributed by atoms with Gasteiger partial charge in [-0.15, -0.1) is 11.3 Å². The van der Waals surface area contributed by atoms with Gasteiger partial charge >= 0.3 is 0 Å². The van der Waals surface area contributed by atoms with Crippen LogP contribution >= 0.6 is 11.3 Å². The van der Waals surface area contributed by atoms with E-state index in [4.69, 9.17) is 0 Å². The molecule has 0 spiro atoms. The van der Waals surface area contributed by atoms with Gasteiger partial charge in [-0.3, -0.25) is 4.79 Å². The Morgan fingerprint density at radius 3 is 2.30 bits per heavy atom. The summed E-state index contributed by atoms with van der Waals surface area (Å²) in [6.07, 6.45) is 0. The number of thiazole rings is 1. The number of nitrogens with zero attached hydrogens (tertiary/aromatic N) is 1. The summed E-state index contributed by atoms with van der Waals surface area (Å²) in [5, 5.41) is 9.12. The fourth-order valence-corrected chi connectivity index (χ4v) is 3.48. The zero-order valence-electron chi connectivity index (χ0n) is 16.2. The number of benzene rings is 2. The van der Waals surface area contributed by atoms with Gasteiger partial charge in [-0.05, 0) is 42.2 Å².